The van der Waals surface area contributed by atoms with Gasteiger partial charge in [0.1, 0.15) is 0 Å². The number of carboxylic acid groups (broad SMARTS) is 1. The molecule has 0 aromatic heterocycles. The third-order valence-corrected chi connectivity index (χ3v) is 1.87. The molecule has 0 aliphatic carbocycles. The molecule has 1 N–H and O–H groups in total. The van der Waals surface area contributed by atoms with Crippen LogP contribution < -0.4 is 0 Å². The average Bonchev–Trinajstić information content (AvgIpc) is 2.59. The molecule has 17 heavy (non-hydrogen) atoms. The first kappa shape index (κ1) is 15.6. The van der Waals surface area contributed by atoms with Crippen LogP contribution in [0.25, 0.3) is 0 Å². The quantitative estimate of drug-likeness (QED) is 0.616. The van der Waals surface area contributed by atoms with Crippen LogP contribution in [0.15, 0.2) is 12.4 Å². The van der Waals surface area contributed by atoms with Gasteiger partial charge in [0, 0.05) is 25.5 Å². The van der Waals surface area contributed by atoms with E-state index in [4.69, 9.17) is 5.11 Å². The van der Waals surface area contributed by atoms with Gasteiger partial charge in [-0.05, 0) is 6.92 Å². The largest absolute Gasteiger partial charge is 0.673 e. The maximum absolute atomic E-state index is 10.2. The summed E-state index contributed by atoms with van der Waals surface area (Å²) >= 11 is 0. The van der Waals surface area contributed by atoms with Crippen molar-refractivity contribution in [1.82, 2.24) is 9.80 Å². The Morgan fingerprint density at radius 2 is 1.76 bits per heavy atom. The molecule has 0 spiro atoms. The molecule has 1 heterocycles. The lowest BCUT2D eigenvalue weighted by atomic mass is 10.3. The maximum Gasteiger partial charge on any atom is 0.673 e. The van der Waals surface area contributed by atoms with Crippen molar-refractivity contribution in [3.05, 3.63) is 12.4 Å². The fourth-order valence-corrected chi connectivity index (χ4v) is 1.11. The Hall–Kier alpha value is -1.41. The van der Waals surface area contributed by atoms with Gasteiger partial charge in [-0.2, -0.15) is 0 Å². The van der Waals surface area contributed by atoms with Gasteiger partial charge in [0.05, 0.1) is 13.1 Å². The lowest BCUT2D eigenvalue weighted by Crippen LogP contribution is -2.26. The smallest absolute Gasteiger partial charge is 0.481 e. The maximum atomic E-state index is 10.2. The van der Waals surface area contributed by atoms with Crippen molar-refractivity contribution in [2.24, 2.45) is 0 Å². The number of hydrogen-bond acceptors (Lipinski definition) is 3. The van der Waals surface area contributed by atoms with Crippen molar-refractivity contribution in [2.75, 3.05) is 19.8 Å². The van der Waals surface area contributed by atoms with E-state index in [2.05, 4.69) is 11.8 Å². The zero-order chi connectivity index (χ0) is 13.5. The first-order valence-electron chi connectivity index (χ1n) is 4.98. The van der Waals surface area contributed by atoms with Crippen LogP contribution in [-0.2, 0) is 4.79 Å². The highest BCUT2D eigenvalue weighted by Crippen LogP contribution is 2.06. The average molecular weight is 257 g/mol. The van der Waals surface area contributed by atoms with E-state index >= 15 is 0 Å². The highest BCUT2D eigenvalue weighted by molar-refractivity contribution is 6.50. The standard InChI is InChI=1S/C8H14N2O2.BF4/c1-2-9-5-6-10(7-9)4-3-8(11)12;2-1(3,4)5/h5-6H,2-4,7H2,1H3,(H,11,12);/q;-1. The number of hydrogen-bond donors (Lipinski definition) is 1. The van der Waals surface area contributed by atoms with Crippen molar-refractivity contribution < 1.29 is 27.2 Å². The molecule has 1 aliphatic rings. The number of carboxylic acids is 1. The second kappa shape index (κ2) is 7.03. The summed E-state index contributed by atoms with van der Waals surface area (Å²) in [5.74, 6) is -0.738. The summed E-state index contributed by atoms with van der Waals surface area (Å²) in [6.07, 6.45) is 4.14. The van der Waals surface area contributed by atoms with Crippen molar-refractivity contribution in [2.45, 2.75) is 13.3 Å². The molecule has 1 aliphatic heterocycles. The van der Waals surface area contributed by atoms with Crippen LogP contribution in [0.5, 0.6) is 0 Å². The highest BCUT2D eigenvalue weighted by atomic mass is 19.5. The summed E-state index contributed by atoms with van der Waals surface area (Å²) in [6, 6.07) is 0. The Balaban J connectivity index is 0.000000437. The van der Waals surface area contributed by atoms with E-state index in [9.17, 15) is 22.1 Å². The van der Waals surface area contributed by atoms with E-state index in [1.807, 2.05) is 17.3 Å². The van der Waals surface area contributed by atoms with Crippen molar-refractivity contribution in [3.8, 4) is 0 Å². The molecule has 9 heteroatoms. The van der Waals surface area contributed by atoms with E-state index in [1.54, 1.807) is 0 Å². The zero-order valence-electron chi connectivity index (χ0n) is 9.32. The summed E-state index contributed by atoms with van der Waals surface area (Å²) in [5, 5.41) is 8.43. The Morgan fingerprint density at radius 1 is 1.29 bits per heavy atom. The zero-order valence-corrected chi connectivity index (χ0v) is 9.32. The predicted octanol–water partition coefficient (Wildman–Crippen LogP) is 1.83. The first-order valence-corrected chi connectivity index (χ1v) is 4.98. The van der Waals surface area contributed by atoms with Gasteiger partial charge in [-0.1, -0.05) is 0 Å². The normalized spacial score (nSPS) is 14.6. The molecule has 4 nitrogen and oxygen atoms in total. The fraction of sp³-hybridized carbons (Fsp3) is 0.625. The summed E-state index contributed by atoms with van der Waals surface area (Å²) in [6.45, 7) is 4.47. The van der Waals surface area contributed by atoms with Gasteiger partial charge in [0.25, 0.3) is 0 Å². The van der Waals surface area contributed by atoms with Crippen LogP contribution in [0, 0.1) is 0 Å². The summed E-state index contributed by atoms with van der Waals surface area (Å²) in [4.78, 5) is 14.4. The molecule has 0 fully saturated rings. The second-order valence-electron chi connectivity index (χ2n) is 3.30. The summed E-state index contributed by atoms with van der Waals surface area (Å²) < 4.78 is 39.0. The number of rotatable bonds is 4. The lowest BCUT2D eigenvalue weighted by Gasteiger charge is -2.18. The molecule has 1 rings (SSSR count). The third kappa shape index (κ3) is 10.9. The monoisotopic (exact) mass is 257 g/mol. The molecule has 0 saturated heterocycles. The molecule has 0 saturated carbocycles. The van der Waals surface area contributed by atoms with Crippen molar-refractivity contribution in [1.29, 1.82) is 0 Å². The minimum Gasteiger partial charge on any atom is -0.481 e. The Labute approximate surface area is 96.6 Å². The van der Waals surface area contributed by atoms with Crippen LogP contribution in [0.1, 0.15) is 13.3 Å². The number of halogens is 4. The van der Waals surface area contributed by atoms with Gasteiger partial charge in [-0.25, -0.2) is 0 Å². The van der Waals surface area contributed by atoms with Gasteiger partial charge in [0.2, 0.25) is 0 Å². The predicted molar refractivity (Wildman–Crippen MR) is 55.5 cm³/mol. The van der Waals surface area contributed by atoms with Gasteiger partial charge in [-0.15, -0.1) is 0 Å². The highest BCUT2D eigenvalue weighted by Gasteiger charge is 2.20. The molecule has 0 bridgehead atoms. The molecule has 0 aromatic rings. The van der Waals surface area contributed by atoms with Crippen LogP contribution in [0.2, 0.25) is 0 Å². The molecular weight excluding hydrogens is 243 g/mol. The van der Waals surface area contributed by atoms with Crippen LogP contribution in [0.3, 0.4) is 0 Å². The molecule has 0 atom stereocenters. The minimum absolute atomic E-state index is 0.210. The van der Waals surface area contributed by atoms with Crippen molar-refractivity contribution >= 4 is 13.2 Å². The number of nitrogens with zero attached hydrogens (tertiary/aromatic N) is 2. The fourth-order valence-electron chi connectivity index (χ4n) is 1.11. The molecule has 0 amide bonds. The molecule has 100 valence electrons. The van der Waals surface area contributed by atoms with E-state index < -0.39 is 13.2 Å². The summed E-state index contributed by atoms with van der Waals surface area (Å²) in [5.41, 5.74) is 0. The van der Waals surface area contributed by atoms with Gasteiger partial charge in [-0.3, -0.25) is 4.79 Å². The molecule has 0 unspecified atom stereocenters. The first-order chi connectivity index (χ1) is 7.72. The second-order valence-corrected chi connectivity index (χ2v) is 3.30. The van der Waals surface area contributed by atoms with E-state index in [0.717, 1.165) is 13.2 Å². The van der Waals surface area contributed by atoms with Crippen LogP contribution >= 0.6 is 0 Å². The number of aliphatic carboxylic acids is 1. The van der Waals surface area contributed by atoms with E-state index in [0.29, 0.717) is 6.54 Å². The lowest BCUT2D eigenvalue weighted by molar-refractivity contribution is -0.137. The Kier molecular flexibility index (Phi) is 6.44. The Morgan fingerprint density at radius 3 is 2.12 bits per heavy atom. The van der Waals surface area contributed by atoms with Gasteiger partial charge >= 0.3 is 13.2 Å². The minimum atomic E-state index is -6.00. The van der Waals surface area contributed by atoms with E-state index in [1.165, 1.54) is 0 Å². The Bertz CT molecular complexity index is 267. The number of carbonyl (C=O) groups is 1. The van der Waals surface area contributed by atoms with Crippen LogP contribution in [0.4, 0.5) is 17.3 Å². The third-order valence-electron chi connectivity index (χ3n) is 1.87. The van der Waals surface area contributed by atoms with Gasteiger partial charge < -0.3 is 32.2 Å². The van der Waals surface area contributed by atoms with Gasteiger partial charge in [0.15, 0.2) is 0 Å². The molecule has 0 aromatic carbocycles. The molecular formula is C8H14BF4N2O2-. The van der Waals surface area contributed by atoms with Crippen LogP contribution in [-0.4, -0.2) is 47.9 Å². The van der Waals surface area contributed by atoms with E-state index in [-0.39, 0.29) is 6.42 Å². The SMILES string of the molecule is CCN1C=CN(CCC(=O)O)C1.F[B-](F)(F)F. The topological polar surface area (TPSA) is 43.8 Å². The van der Waals surface area contributed by atoms with Crippen molar-refractivity contribution in [3.63, 3.8) is 0 Å². The molecule has 0 radical (unpaired) electrons. The summed E-state index contributed by atoms with van der Waals surface area (Å²) in [7, 11) is -6.00.